The first kappa shape index (κ1) is 15.2. The molecule has 0 aromatic carbocycles. The van der Waals surface area contributed by atoms with Crippen LogP contribution in [0, 0.1) is 0 Å². The number of nitrogens with one attached hydrogen (secondary N) is 2. The van der Waals surface area contributed by atoms with Crippen LogP contribution in [0.3, 0.4) is 0 Å². The summed E-state index contributed by atoms with van der Waals surface area (Å²) >= 11 is 5.67. The molecule has 0 aliphatic carbocycles. The molecule has 0 bridgehead atoms. The van der Waals surface area contributed by atoms with Crippen molar-refractivity contribution in [3.05, 3.63) is 23.2 Å². The highest BCUT2D eigenvalue weighted by Gasteiger charge is 2.38. The maximum absolute atomic E-state index is 12.2. The van der Waals surface area contributed by atoms with Crippen molar-refractivity contribution in [3.8, 4) is 0 Å². The highest BCUT2D eigenvalue weighted by atomic mass is 35.5. The van der Waals surface area contributed by atoms with Crippen molar-refractivity contribution in [3.63, 3.8) is 0 Å². The summed E-state index contributed by atoms with van der Waals surface area (Å²) in [5.41, 5.74) is 0.278. The van der Waals surface area contributed by atoms with Crippen LogP contribution in [0.1, 0.15) is 51.0 Å². The Balaban J connectivity index is 2.05. The summed E-state index contributed by atoms with van der Waals surface area (Å²) in [6, 6.07) is 0.117. The van der Waals surface area contributed by atoms with Gasteiger partial charge in [-0.3, -0.25) is 4.79 Å². The molecule has 2 heterocycles. The molecule has 20 heavy (non-hydrogen) atoms. The Kier molecular flexibility index (Phi) is 4.02. The quantitative estimate of drug-likeness (QED) is 0.878. The number of hydrogen-bond acceptors (Lipinski definition) is 4. The lowest BCUT2D eigenvalue weighted by molar-refractivity contribution is 0.0868. The highest BCUT2D eigenvalue weighted by Crippen LogP contribution is 2.28. The lowest BCUT2D eigenvalue weighted by atomic mass is 9.79. The van der Waals surface area contributed by atoms with Crippen LogP contribution in [-0.2, 0) is 0 Å². The molecule has 1 fully saturated rings. The van der Waals surface area contributed by atoms with Crippen molar-refractivity contribution in [1.82, 2.24) is 20.6 Å². The van der Waals surface area contributed by atoms with Crippen molar-refractivity contribution >= 4 is 17.5 Å². The third-order valence-corrected chi connectivity index (χ3v) is 3.57. The SMILES string of the molecule is CC1(C)CC(NC(=O)c2cnc(Cl)cn2)CC(C)(C)N1. The van der Waals surface area contributed by atoms with Crippen LogP contribution in [0.15, 0.2) is 12.4 Å². The minimum atomic E-state index is -0.201. The standard InChI is InChI=1S/C14H21ClN4O/c1-13(2)5-9(6-14(3,4)19-13)18-12(20)10-7-17-11(15)8-16-10/h7-9,19H,5-6H2,1-4H3,(H,18,20). The molecule has 1 aliphatic rings. The number of aromatic nitrogens is 2. The lowest BCUT2D eigenvalue weighted by Gasteiger charge is -2.46. The van der Waals surface area contributed by atoms with E-state index in [1.807, 2.05) is 0 Å². The van der Waals surface area contributed by atoms with Crippen LogP contribution >= 0.6 is 11.6 Å². The van der Waals surface area contributed by atoms with Gasteiger partial charge in [0.1, 0.15) is 10.8 Å². The van der Waals surface area contributed by atoms with Crippen LogP contribution in [-0.4, -0.2) is 33.0 Å². The monoisotopic (exact) mass is 296 g/mol. The van der Waals surface area contributed by atoms with Crippen LogP contribution in [0.2, 0.25) is 5.15 Å². The van der Waals surface area contributed by atoms with E-state index in [4.69, 9.17) is 11.6 Å². The van der Waals surface area contributed by atoms with Crippen molar-refractivity contribution < 1.29 is 4.79 Å². The van der Waals surface area contributed by atoms with E-state index in [9.17, 15) is 4.79 Å². The maximum Gasteiger partial charge on any atom is 0.271 e. The molecule has 5 nitrogen and oxygen atoms in total. The molecular weight excluding hydrogens is 276 g/mol. The van der Waals surface area contributed by atoms with E-state index in [2.05, 4.69) is 48.3 Å². The third-order valence-electron chi connectivity index (χ3n) is 3.38. The minimum Gasteiger partial charge on any atom is -0.348 e. The molecule has 0 spiro atoms. The number of amides is 1. The second kappa shape index (κ2) is 5.30. The molecule has 0 unspecified atom stereocenters. The van der Waals surface area contributed by atoms with Gasteiger partial charge in [0.2, 0.25) is 0 Å². The van der Waals surface area contributed by atoms with Gasteiger partial charge in [0, 0.05) is 17.1 Å². The summed E-state index contributed by atoms with van der Waals surface area (Å²) in [6.45, 7) is 8.59. The van der Waals surface area contributed by atoms with E-state index in [0.29, 0.717) is 5.69 Å². The fraction of sp³-hybridized carbons (Fsp3) is 0.643. The third kappa shape index (κ3) is 3.90. The Morgan fingerprint density at radius 2 is 1.85 bits per heavy atom. The Morgan fingerprint density at radius 1 is 1.25 bits per heavy atom. The van der Waals surface area contributed by atoms with Gasteiger partial charge in [-0.2, -0.15) is 0 Å². The van der Waals surface area contributed by atoms with Crippen molar-refractivity contribution in [2.75, 3.05) is 0 Å². The molecule has 0 radical (unpaired) electrons. The van der Waals surface area contributed by atoms with Crippen LogP contribution in [0.5, 0.6) is 0 Å². The van der Waals surface area contributed by atoms with Gasteiger partial charge < -0.3 is 10.6 Å². The smallest absolute Gasteiger partial charge is 0.271 e. The molecule has 1 aromatic rings. The van der Waals surface area contributed by atoms with Crippen molar-refractivity contribution in [2.45, 2.75) is 57.7 Å². The van der Waals surface area contributed by atoms with Gasteiger partial charge in [-0.05, 0) is 40.5 Å². The average molecular weight is 297 g/mol. The minimum absolute atomic E-state index is 0.00856. The zero-order valence-electron chi connectivity index (χ0n) is 12.3. The van der Waals surface area contributed by atoms with Gasteiger partial charge in [0.15, 0.2) is 0 Å². The molecule has 1 aliphatic heterocycles. The Morgan fingerprint density at radius 3 is 2.35 bits per heavy atom. The topological polar surface area (TPSA) is 66.9 Å². The number of halogens is 1. The number of rotatable bonds is 2. The number of carbonyl (C=O) groups is 1. The van der Waals surface area contributed by atoms with Gasteiger partial charge in [0.25, 0.3) is 5.91 Å². The molecule has 0 saturated carbocycles. The van der Waals surface area contributed by atoms with E-state index in [-0.39, 0.29) is 28.2 Å². The Labute approximate surface area is 124 Å². The van der Waals surface area contributed by atoms with E-state index in [0.717, 1.165) is 12.8 Å². The number of nitrogens with zero attached hydrogens (tertiary/aromatic N) is 2. The van der Waals surface area contributed by atoms with Gasteiger partial charge >= 0.3 is 0 Å². The second-order valence-electron chi connectivity index (χ2n) is 6.70. The van der Waals surface area contributed by atoms with Gasteiger partial charge in [-0.1, -0.05) is 11.6 Å². The predicted octanol–water partition coefficient (Wildman–Crippen LogP) is 2.17. The first-order chi connectivity index (χ1) is 9.17. The first-order valence-electron chi connectivity index (χ1n) is 6.75. The number of piperidine rings is 1. The zero-order valence-corrected chi connectivity index (χ0v) is 13.1. The Bertz CT molecular complexity index is 482. The van der Waals surface area contributed by atoms with Crippen LogP contribution < -0.4 is 10.6 Å². The molecule has 1 aromatic heterocycles. The van der Waals surface area contributed by atoms with Gasteiger partial charge in [-0.15, -0.1) is 0 Å². The van der Waals surface area contributed by atoms with Crippen LogP contribution in [0.4, 0.5) is 0 Å². The largest absolute Gasteiger partial charge is 0.348 e. The summed E-state index contributed by atoms with van der Waals surface area (Å²) < 4.78 is 0. The highest BCUT2D eigenvalue weighted by molar-refractivity contribution is 6.29. The fourth-order valence-corrected chi connectivity index (χ4v) is 3.21. The fourth-order valence-electron chi connectivity index (χ4n) is 3.11. The molecule has 110 valence electrons. The summed E-state index contributed by atoms with van der Waals surface area (Å²) in [5.74, 6) is -0.201. The maximum atomic E-state index is 12.2. The van der Waals surface area contributed by atoms with Gasteiger partial charge in [0.05, 0.1) is 12.4 Å². The summed E-state index contributed by atoms with van der Waals surface area (Å²) in [6.07, 6.45) is 4.54. The van der Waals surface area contributed by atoms with E-state index in [1.165, 1.54) is 12.4 Å². The molecule has 2 rings (SSSR count). The van der Waals surface area contributed by atoms with E-state index < -0.39 is 0 Å². The zero-order chi connectivity index (χ0) is 15.0. The van der Waals surface area contributed by atoms with Crippen molar-refractivity contribution in [2.24, 2.45) is 0 Å². The number of carbonyl (C=O) groups excluding carboxylic acids is 1. The molecular formula is C14H21ClN4O. The molecule has 1 saturated heterocycles. The summed E-state index contributed by atoms with van der Waals surface area (Å²) in [7, 11) is 0. The molecule has 6 heteroatoms. The van der Waals surface area contributed by atoms with Crippen LogP contribution in [0.25, 0.3) is 0 Å². The summed E-state index contributed by atoms with van der Waals surface area (Å²) in [4.78, 5) is 20.0. The lowest BCUT2D eigenvalue weighted by Crippen LogP contribution is -2.62. The van der Waals surface area contributed by atoms with Gasteiger partial charge in [-0.25, -0.2) is 9.97 Å². The number of hydrogen-bond donors (Lipinski definition) is 2. The van der Waals surface area contributed by atoms with E-state index >= 15 is 0 Å². The molecule has 1 amide bonds. The Hall–Kier alpha value is -1.20. The average Bonchev–Trinajstić information content (AvgIpc) is 2.25. The van der Waals surface area contributed by atoms with Crippen molar-refractivity contribution in [1.29, 1.82) is 0 Å². The predicted molar refractivity (Wildman–Crippen MR) is 78.8 cm³/mol. The molecule has 0 atom stereocenters. The van der Waals surface area contributed by atoms with E-state index in [1.54, 1.807) is 0 Å². The first-order valence-corrected chi connectivity index (χ1v) is 7.12. The molecule has 2 N–H and O–H groups in total. The normalized spacial score (nSPS) is 21.4. The second-order valence-corrected chi connectivity index (χ2v) is 7.08. The summed E-state index contributed by atoms with van der Waals surface area (Å²) in [5, 5.41) is 6.91.